The molecule has 3 heterocycles. The summed E-state index contributed by atoms with van der Waals surface area (Å²) in [6.07, 6.45) is 4.63. The Morgan fingerprint density at radius 1 is 1.08 bits per heavy atom. The van der Waals surface area contributed by atoms with E-state index in [-0.39, 0.29) is 29.4 Å². The lowest BCUT2D eigenvalue weighted by molar-refractivity contribution is -0.117. The molecule has 39 heavy (non-hydrogen) atoms. The van der Waals surface area contributed by atoms with E-state index in [4.69, 9.17) is 0 Å². The van der Waals surface area contributed by atoms with Gasteiger partial charge in [0.15, 0.2) is 5.13 Å². The van der Waals surface area contributed by atoms with Crippen molar-refractivity contribution in [2.24, 2.45) is 5.41 Å². The minimum absolute atomic E-state index is 0.0123. The lowest BCUT2D eigenvalue weighted by Gasteiger charge is -2.39. The average molecular weight is 571 g/mol. The summed E-state index contributed by atoms with van der Waals surface area (Å²) < 4.78 is 42.4. The van der Waals surface area contributed by atoms with Crippen molar-refractivity contribution in [3.05, 3.63) is 82.6 Å². The van der Waals surface area contributed by atoms with Gasteiger partial charge in [-0.1, -0.05) is 48.5 Å². The van der Waals surface area contributed by atoms with E-state index in [1.807, 2.05) is 44.2 Å². The summed E-state index contributed by atoms with van der Waals surface area (Å²) in [6.45, 7) is 6.33. The number of sulfonamides is 1. The fourth-order valence-electron chi connectivity index (χ4n) is 6.08. The Morgan fingerprint density at radius 2 is 1.77 bits per heavy atom. The van der Waals surface area contributed by atoms with E-state index < -0.39 is 15.6 Å². The molecule has 7 nitrogen and oxygen atoms in total. The fourth-order valence-corrected chi connectivity index (χ4v) is 8.99. The molecule has 1 amide bonds. The largest absolute Gasteiger partial charge is 0.301 e. The topological polar surface area (TPSA) is 82.6 Å². The van der Waals surface area contributed by atoms with Crippen molar-refractivity contribution in [2.75, 3.05) is 31.5 Å². The summed E-state index contributed by atoms with van der Waals surface area (Å²) in [6, 6.07) is 16.0. The maximum Gasteiger partial charge on any atom is 0.240 e. The number of benzene rings is 2. The van der Waals surface area contributed by atoms with Gasteiger partial charge in [0.2, 0.25) is 15.9 Å². The van der Waals surface area contributed by atoms with E-state index in [0.717, 1.165) is 42.8 Å². The molecule has 1 spiro atoms. The molecule has 208 valence electrons. The zero-order chi connectivity index (χ0) is 27.7. The standard InChI is InChI=1S/C29H35FN4O3S2/c1-28(2)20-29(21-34(28)39(36,37)19-22-8-4-3-5-9-22)12-14-33(15-13-29)18-26(35)32-27-31-17-24(38-27)16-23-10-6-7-11-25(23)30/h3-11,17H,12-16,18-21H2,1-2H3,(H,31,32,35). The monoisotopic (exact) mass is 570 g/mol. The van der Waals surface area contributed by atoms with Gasteiger partial charge in [0.1, 0.15) is 5.82 Å². The van der Waals surface area contributed by atoms with Gasteiger partial charge < -0.3 is 5.32 Å². The molecule has 0 saturated carbocycles. The summed E-state index contributed by atoms with van der Waals surface area (Å²) in [5.41, 5.74) is 0.882. The van der Waals surface area contributed by atoms with Gasteiger partial charge in [-0.2, -0.15) is 4.31 Å². The molecular weight excluding hydrogens is 535 g/mol. The lowest BCUT2D eigenvalue weighted by Crippen LogP contribution is -2.45. The molecule has 10 heteroatoms. The molecule has 0 aliphatic carbocycles. The second-order valence-corrected chi connectivity index (χ2v) is 14.5. The van der Waals surface area contributed by atoms with Crippen molar-refractivity contribution in [3.63, 3.8) is 0 Å². The van der Waals surface area contributed by atoms with Crippen molar-refractivity contribution in [1.29, 1.82) is 0 Å². The van der Waals surface area contributed by atoms with Crippen molar-refractivity contribution in [1.82, 2.24) is 14.2 Å². The van der Waals surface area contributed by atoms with Crippen molar-refractivity contribution < 1.29 is 17.6 Å². The molecule has 0 unspecified atom stereocenters. The molecule has 2 aliphatic rings. The third-order valence-electron chi connectivity index (χ3n) is 7.90. The predicted octanol–water partition coefficient (Wildman–Crippen LogP) is 4.91. The van der Waals surface area contributed by atoms with Gasteiger partial charge in [-0.15, -0.1) is 11.3 Å². The number of piperidine rings is 1. The molecule has 2 aromatic carbocycles. The number of rotatable bonds is 8. The molecule has 5 rings (SSSR count). The molecule has 3 aromatic rings. The number of thiazole rings is 1. The van der Waals surface area contributed by atoms with Crippen LogP contribution in [0.4, 0.5) is 9.52 Å². The Kier molecular flexibility index (Phi) is 7.92. The molecule has 0 bridgehead atoms. The summed E-state index contributed by atoms with van der Waals surface area (Å²) in [5, 5.41) is 3.39. The van der Waals surface area contributed by atoms with E-state index in [9.17, 15) is 17.6 Å². The summed E-state index contributed by atoms with van der Waals surface area (Å²) in [4.78, 5) is 20.0. The van der Waals surface area contributed by atoms with Gasteiger partial charge in [0.05, 0.1) is 12.3 Å². The number of aromatic nitrogens is 1. The third kappa shape index (κ3) is 6.57. The minimum atomic E-state index is -3.45. The van der Waals surface area contributed by atoms with Crippen LogP contribution in [0.1, 0.15) is 49.1 Å². The maximum atomic E-state index is 13.9. The highest BCUT2D eigenvalue weighted by Crippen LogP contribution is 2.49. The van der Waals surface area contributed by atoms with Crippen LogP contribution in [-0.4, -0.2) is 60.2 Å². The van der Waals surface area contributed by atoms with Gasteiger partial charge in [-0.3, -0.25) is 9.69 Å². The number of amides is 1. The van der Waals surface area contributed by atoms with E-state index >= 15 is 0 Å². The molecule has 1 N–H and O–H groups in total. The molecule has 2 aliphatic heterocycles. The number of carbonyl (C=O) groups excluding carboxylic acids is 1. The van der Waals surface area contributed by atoms with Crippen LogP contribution in [0.25, 0.3) is 0 Å². The molecule has 0 radical (unpaired) electrons. The third-order valence-corrected chi connectivity index (χ3v) is 10.8. The number of anilines is 1. The molecular formula is C29H35FN4O3S2. The highest BCUT2D eigenvalue weighted by molar-refractivity contribution is 7.88. The van der Waals surface area contributed by atoms with E-state index in [1.54, 1.807) is 28.7 Å². The Bertz CT molecular complexity index is 1420. The Balaban J connectivity index is 1.13. The van der Waals surface area contributed by atoms with Crippen LogP contribution in [0, 0.1) is 11.2 Å². The van der Waals surface area contributed by atoms with Gasteiger partial charge in [0, 0.05) is 29.6 Å². The number of hydrogen-bond donors (Lipinski definition) is 1. The first kappa shape index (κ1) is 27.9. The summed E-state index contributed by atoms with van der Waals surface area (Å²) in [5.74, 6) is -0.364. The zero-order valence-corrected chi connectivity index (χ0v) is 24.0. The number of hydrogen-bond acceptors (Lipinski definition) is 6. The Labute approximate surface area is 234 Å². The van der Waals surface area contributed by atoms with Gasteiger partial charge in [-0.05, 0) is 68.8 Å². The van der Waals surface area contributed by atoms with E-state index in [0.29, 0.717) is 23.7 Å². The Morgan fingerprint density at radius 3 is 2.49 bits per heavy atom. The highest BCUT2D eigenvalue weighted by Gasteiger charge is 2.53. The molecule has 1 aromatic heterocycles. The molecule has 0 atom stereocenters. The highest BCUT2D eigenvalue weighted by atomic mass is 32.2. The first-order valence-corrected chi connectivity index (χ1v) is 15.7. The van der Waals surface area contributed by atoms with Crippen LogP contribution in [0.15, 0.2) is 60.8 Å². The SMILES string of the molecule is CC1(C)CC2(CCN(CC(=O)Nc3ncc(Cc4ccccc4F)s3)CC2)CN1S(=O)(=O)Cc1ccccc1. The first-order valence-electron chi connectivity index (χ1n) is 13.3. The van der Waals surface area contributed by atoms with Crippen molar-refractivity contribution in [3.8, 4) is 0 Å². The molecule has 2 saturated heterocycles. The predicted molar refractivity (Wildman–Crippen MR) is 153 cm³/mol. The number of likely N-dealkylation sites (tertiary alicyclic amines) is 1. The lowest BCUT2D eigenvalue weighted by atomic mass is 9.74. The number of nitrogens with zero attached hydrogens (tertiary/aromatic N) is 3. The summed E-state index contributed by atoms with van der Waals surface area (Å²) in [7, 11) is -3.45. The van der Waals surface area contributed by atoms with Crippen LogP contribution in [0.2, 0.25) is 0 Å². The van der Waals surface area contributed by atoms with Gasteiger partial charge in [-0.25, -0.2) is 17.8 Å². The fraction of sp³-hybridized carbons (Fsp3) is 0.448. The zero-order valence-electron chi connectivity index (χ0n) is 22.4. The Hall–Kier alpha value is -2.66. The normalized spacial score (nSPS) is 19.4. The van der Waals surface area contributed by atoms with E-state index in [2.05, 4.69) is 15.2 Å². The van der Waals surface area contributed by atoms with Crippen LogP contribution >= 0.6 is 11.3 Å². The van der Waals surface area contributed by atoms with Gasteiger partial charge in [0.25, 0.3) is 0 Å². The van der Waals surface area contributed by atoms with Crippen molar-refractivity contribution >= 4 is 32.4 Å². The minimum Gasteiger partial charge on any atom is -0.301 e. The quantitative estimate of drug-likeness (QED) is 0.416. The van der Waals surface area contributed by atoms with Gasteiger partial charge >= 0.3 is 0 Å². The number of nitrogens with one attached hydrogen (secondary N) is 1. The number of carbonyl (C=O) groups is 1. The second kappa shape index (κ2) is 11.1. The second-order valence-electron chi connectivity index (χ2n) is 11.5. The number of halogens is 1. The van der Waals surface area contributed by atoms with Crippen molar-refractivity contribution in [2.45, 2.75) is 50.8 Å². The van der Waals surface area contributed by atoms with Crippen LogP contribution in [0.5, 0.6) is 0 Å². The van der Waals surface area contributed by atoms with Crippen LogP contribution in [-0.2, 0) is 27.0 Å². The van der Waals surface area contributed by atoms with Crippen LogP contribution in [0.3, 0.4) is 0 Å². The first-order chi connectivity index (χ1) is 18.5. The van der Waals surface area contributed by atoms with Crippen LogP contribution < -0.4 is 5.32 Å². The smallest absolute Gasteiger partial charge is 0.240 e. The van der Waals surface area contributed by atoms with E-state index in [1.165, 1.54) is 17.4 Å². The maximum absolute atomic E-state index is 13.9. The summed E-state index contributed by atoms with van der Waals surface area (Å²) >= 11 is 1.35. The average Bonchev–Trinajstić information content (AvgIpc) is 3.43. The molecule has 2 fully saturated rings.